The highest BCUT2D eigenvalue weighted by Gasteiger charge is 2.36. The Labute approximate surface area is 167 Å². The van der Waals surface area contributed by atoms with Crippen molar-refractivity contribution in [2.45, 2.75) is 32.3 Å². The van der Waals surface area contributed by atoms with Crippen molar-refractivity contribution in [1.82, 2.24) is 4.90 Å². The maximum absolute atomic E-state index is 12.4. The number of rotatable bonds is 4. The number of amides is 1. The molecule has 0 saturated carbocycles. The number of ether oxygens (including phenoxy) is 1. The highest BCUT2D eigenvalue weighted by molar-refractivity contribution is 6.04. The van der Waals surface area contributed by atoms with Crippen LogP contribution in [0, 0.1) is 5.92 Å². The fourth-order valence-corrected chi connectivity index (χ4v) is 4.04. The van der Waals surface area contributed by atoms with E-state index in [2.05, 4.69) is 36.2 Å². The molecule has 0 atom stereocenters. The van der Waals surface area contributed by atoms with Crippen molar-refractivity contribution in [2.24, 2.45) is 5.92 Å². The molecule has 1 amide bonds. The number of anilines is 1. The molecule has 1 spiro atoms. The second-order valence-corrected chi connectivity index (χ2v) is 8.27. The van der Waals surface area contributed by atoms with Gasteiger partial charge in [0.2, 0.25) is 0 Å². The molecule has 0 aliphatic carbocycles. The molecule has 2 heterocycles. The Kier molecular flexibility index (Phi) is 5.23. The molecule has 146 valence electrons. The Morgan fingerprint density at radius 2 is 1.89 bits per heavy atom. The number of nitrogens with zero attached hydrogens (tertiary/aromatic N) is 1. The number of carbonyl (C=O) groups excluding carboxylic acids is 1. The summed E-state index contributed by atoms with van der Waals surface area (Å²) >= 11 is 0. The molecule has 0 aromatic heterocycles. The Hall–Kier alpha value is -2.59. The van der Waals surface area contributed by atoms with Gasteiger partial charge in [-0.1, -0.05) is 38.1 Å². The van der Waals surface area contributed by atoms with Crippen LogP contribution < -0.4 is 10.1 Å². The van der Waals surface area contributed by atoms with Crippen LogP contribution in [0.2, 0.25) is 0 Å². The predicted molar refractivity (Wildman–Crippen MR) is 114 cm³/mol. The van der Waals surface area contributed by atoms with E-state index in [1.54, 1.807) is 0 Å². The summed E-state index contributed by atoms with van der Waals surface area (Å²) in [5.41, 5.74) is 2.26. The molecule has 1 saturated heterocycles. The number of fused-ring (bicyclic) bond motifs is 1. The molecule has 0 unspecified atom stereocenters. The molecule has 28 heavy (non-hydrogen) atoms. The zero-order valence-corrected chi connectivity index (χ0v) is 16.7. The van der Waals surface area contributed by atoms with Crippen molar-refractivity contribution in [1.29, 1.82) is 0 Å². The molecule has 2 aliphatic rings. The summed E-state index contributed by atoms with van der Waals surface area (Å²) in [4.78, 5) is 14.9. The number of likely N-dealkylation sites (tertiary alicyclic amines) is 1. The lowest BCUT2D eigenvalue weighted by molar-refractivity contribution is 0.0351. The third kappa shape index (κ3) is 4.12. The van der Waals surface area contributed by atoms with Gasteiger partial charge in [-0.3, -0.25) is 4.79 Å². The first kappa shape index (κ1) is 18.8. The molecule has 4 rings (SSSR count). The van der Waals surface area contributed by atoms with Gasteiger partial charge in [-0.05, 0) is 42.3 Å². The van der Waals surface area contributed by atoms with Crippen molar-refractivity contribution in [3.8, 4) is 5.75 Å². The van der Waals surface area contributed by atoms with E-state index in [1.165, 1.54) is 0 Å². The van der Waals surface area contributed by atoms with E-state index in [4.69, 9.17) is 4.74 Å². The van der Waals surface area contributed by atoms with Crippen molar-refractivity contribution >= 4 is 17.7 Å². The lowest BCUT2D eigenvalue weighted by atomic mass is 9.87. The Bertz CT molecular complexity index is 865. The first-order valence-electron chi connectivity index (χ1n) is 10.1. The van der Waals surface area contributed by atoms with Crippen LogP contribution in [0.3, 0.4) is 0 Å². The zero-order chi connectivity index (χ0) is 19.6. The second kappa shape index (κ2) is 7.80. The van der Waals surface area contributed by atoms with E-state index in [0.29, 0.717) is 11.5 Å². The van der Waals surface area contributed by atoms with Crippen LogP contribution >= 0.6 is 0 Å². The maximum atomic E-state index is 12.4. The summed E-state index contributed by atoms with van der Waals surface area (Å²) in [7, 11) is 0. The van der Waals surface area contributed by atoms with Crippen LogP contribution in [0.15, 0.2) is 54.6 Å². The summed E-state index contributed by atoms with van der Waals surface area (Å²) in [5, 5.41) is 2.97. The number of carbonyl (C=O) groups is 1. The van der Waals surface area contributed by atoms with Gasteiger partial charge in [0.25, 0.3) is 5.91 Å². The summed E-state index contributed by atoms with van der Waals surface area (Å²) in [6.45, 7) is 7.84. The van der Waals surface area contributed by atoms with Gasteiger partial charge in [-0.2, -0.15) is 0 Å². The Morgan fingerprint density at radius 1 is 1.14 bits per heavy atom. The highest BCUT2D eigenvalue weighted by atomic mass is 16.5. The number of benzene rings is 2. The highest BCUT2D eigenvalue weighted by Crippen LogP contribution is 2.38. The van der Waals surface area contributed by atoms with Crippen LogP contribution in [0.1, 0.15) is 42.6 Å². The van der Waals surface area contributed by atoms with E-state index in [9.17, 15) is 4.79 Å². The third-order valence-electron chi connectivity index (χ3n) is 5.51. The van der Waals surface area contributed by atoms with Crippen molar-refractivity contribution in [2.75, 3.05) is 25.0 Å². The minimum absolute atomic E-state index is 0.102. The number of hydrogen-bond donors (Lipinski definition) is 1. The number of piperidine rings is 1. The molecular weight excluding hydrogens is 348 g/mol. The average Bonchev–Trinajstić information content (AvgIpc) is 2.70. The first-order valence-corrected chi connectivity index (χ1v) is 10.1. The lowest BCUT2D eigenvalue weighted by Crippen LogP contribution is -2.48. The fourth-order valence-electron chi connectivity index (χ4n) is 4.04. The van der Waals surface area contributed by atoms with Gasteiger partial charge < -0.3 is 15.0 Å². The molecule has 0 radical (unpaired) electrons. The normalized spacial score (nSPS) is 18.0. The van der Waals surface area contributed by atoms with E-state index in [-0.39, 0.29) is 11.5 Å². The van der Waals surface area contributed by atoms with Crippen LogP contribution in [0.5, 0.6) is 5.75 Å². The minimum atomic E-state index is -0.185. The fraction of sp³-hybridized carbons (Fsp3) is 0.375. The van der Waals surface area contributed by atoms with Crippen LogP contribution in [0.25, 0.3) is 6.08 Å². The topological polar surface area (TPSA) is 41.6 Å². The predicted octanol–water partition coefficient (Wildman–Crippen LogP) is 4.84. The van der Waals surface area contributed by atoms with Gasteiger partial charge in [0, 0.05) is 49.3 Å². The molecule has 4 nitrogen and oxygen atoms in total. The molecule has 2 aliphatic heterocycles. The molecule has 2 aromatic rings. The SMILES string of the molecule is CC(C)CN1CCC2(C=Cc3cc(NC(=O)c4ccccc4)ccc3O2)CC1. The first-order chi connectivity index (χ1) is 13.5. The molecule has 4 heteroatoms. The molecule has 1 N–H and O–H groups in total. The second-order valence-electron chi connectivity index (χ2n) is 8.27. The van der Waals surface area contributed by atoms with E-state index in [1.807, 2.05) is 48.5 Å². The molecule has 1 fully saturated rings. The summed E-state index contributed by atoms with van der Waals surface area (Å²) in [5.74, 6) is 1.50. The van der Waals surface area contributed by atoms with Gasteiger partial charge in [-0.25, -0.2) is 0 Å². The largest absolute Gasteiger partial charge is 0.482 e. The maximum Gasteiger partial charge on any atom is 0.255 e. The van der Waals surface area contributed by atoms with Crippen LogP contribution in [-0.2, 0) is 0 Å². The van der Waals surface area contributed by atoms with E-state index in [0.717, 1.165) is 49.5 Å². The van der Waals surface area contributed by atoms with Crippen LogP contribution in [-0.4, -0.2) is 36.0 Å². The summed E-state index contributed by atoms with van der Waals surface area (Å²) in [6.07, 6.45) is 6.39. The Morgan fingerprint density at radius 3 is 2.61 bits per heavy atom. The van der Waals surface area contributed by atoms with Gasteiger partial charge in [-0.15, -0.1) is 0 Å². The zero-order valence-electron chi connectivity index (χ0n) is 16.7. The summed E-state index contributed by atoms with van der Waals surface area (Å²) in [6, 6.07) is 15.1. The standard InChI is InChI=1S/C24H28N2O2/c1-18(2)17-26-14-12-24(13-15-26)11-10-20-16-21(8-9-22(20)28-24)25-23(27)19-6-4-3-5-7-19/h3-11,16,18H,12-15,17H2,1-2H3,(H,25,27). The lowest BCUT2D eigenvalue weighted by Gasteiger charge is -2.42. The van der Waals surface area contributed by atoms with Gasteiger partial charge in [0.15, 0.2) is 0 Å². The van der Waals surface area contributed by atoms with Gasteiger partial charge in [0.1, 0.15) is 11.4 Å². The van der Waals surface area contributed by atoms with Gasteiger partial charge >= 0.3 is 0 Å². The Balaban J connectivity index is 1.43. The van der Waals surface area contributed by atoms with Crippen molar-refractivity contribution < 1.29 is 9.53 Å². The van der Waals surface area contributed by atoms with Gasteiger partial charge in [0.05, 0.1) is 0 Å². The van der Waals surface area contributed by atoms with E-state index >= 15 is 0 Å². The molecule has 2 aromatic carbocycles. The average molecular weight is 377 g/mol. The number of hydrogen-bond acceptors (Lipinski definition) is 3. The smallest absolute Gasteiger partial charge is 0.255 e. The molecule has 0 bridgehead atoms. The van der Waals surface area contributed by atoms with Crippen molar-refractivity contribution in [3.63, 3.8) is 0 Å². The van der Waals surface area contributed by atoms with Crippen LogP contribution in [0.4, 0.5) is 5.69 Å². The van der Waals surface area contributed by atoms with Crippen molar-refractivity contribution in [3.05, 3.63) is 65.7 Å². The summed E-state index contributed by atoms with van der Waals surface area (Å²) < 4.78 is 6.43. The number of nitrogens with one attached hydrogen (secondary N) is 1. The quantitative estimate of drug-likeness (QED) is 0.830. The monoisotopic (exact) mass is 376 g/mol. The van der Waals surface area contributed by atoms with E-state index < -0.39 is 0 Å². The third-order valence-corrected chi connectivity index (χ3v) is 5.51. The molecular formula is C24H28N2O2. The minimum Gasteiger partial charge on any atom is -0.482 e.